The van der Waals surface area contributed by atoms with E-state index in [1.807, 2.05) is 6.07 Å². The first-order valence-corrected chi connectivity index (χ1v) is 5.61. The number of carbonyl (C=O) groups excluding carboxylic acids is 1. The Bertz CT molecular complexity index is 347. The summed E-state index contributed by atoms with van der Waals surface area (Å²) < 4.78 is 0.911. The van der Waals surface area contributed by atoms with Crippen LogP contribution in [0, 0.1) is 11.8 Å². The third-order valence-electron chi connectivity index (χ3n) is 2.74. The summed E-state index contributed by atoms with van der Waals surface area (Å²) in [5, 5.41) is 0. The standard InChI is InChI=1S/C11H12BrNO/c1-7-4-8(7)5-11(14)10-3-2-9(12)6-13-10/h2-3,6-8H,4-5H2,1H3. The Morgan fingerprint density at radius 2 is 2.36 bits per heavy atom. The van der Waals surface area contributed by atoms with Gasteiger partial charge in [0.2, 0.25) is 0 Å². The minimum absolute atomic E-state index is 0.173. The zero-order chi connectivity index (χ0) is 10.1. The van der Waals surface area contributed by atoms with E-state index in [4.69, 9.17) is 0 Å². The number of rotatable bonds is 3. The summed E-state index contributed by atoms with van der Waals surface area (Å²) in [7, 11) is 0. The number of aromatic nitrogens is 1. The SMILES string of the molecule is CC1CC1CC(=O)c1ccc(Br)cn1. The molecule has 0 bridgehead atoms. The summed E-state index contributed by atoms with van der Waals surface area (Å²) in [6.45, 7) is 2.19. The van der Waals surface area contributed by atoms with Crippen LogP contribution >= 0.6 is 15.9 Å². The zero-order valence-corrected chi connectivity index (χ0v) is 9.62. The van der Waals surface area contributed by atoms with Crippen LogP contribution in [0.3, 0.4) is 0 Å². The molecule has 0 amide bonds. The van der Waals surface area contributed by atoms with Crippen molar-refractivity contribution in [3.05, 3.63) is 28.5 Å². The van der Waals surface area contributed by atoms with E-state index in [9.17, 15) is 4.79 Å². The Balaban J connectivity index is 2.00. The molecular formula is C11H12BrNO. The molecule has 2 unspecified atom stereocenters. The first kappa shape index (κ1) is 9.84. The van der Waals surface area contributed by atoms with E-state index >= 15 is 0 Å². The second kappa shape index (κ2) is 3.81. The first-order chi connectivity index (χ1) is 6.66. The van der Waals surface area contributed by atoms with E-state index in [0.29, 0.717) is 18.0 Å². The van der Waals surface area contributed by atoms with Crippen molar-refractivity contribution in [3.8, 4) is 0 Å². The van der Waals surface area contributed by atoms with Gasteiger partial charge in [-0.05, 0) is 46.3 Å². The molecule has 2 atom stereocenters. The van der Waals surface area contributed by atoms with Crippen molar-refractivity contribution in [1.82, 2.24) is 4.98 Å². The molecule has 0 aliphatic heterocycles. The average Bonchev–Trinajstić information content (AvgIpc) is 2.82. The van der Waals surface area contributed by atoms with E-state index in [0.717, 1.165) is 10.4 Å². The van der Waals surface area contributed by atoms with E-state index in [2.05, 4.69) is 27.8 Å². The van der Waals surface area contributed by atoms with Crippen LogP contribution in [0.4, 0.5) is 0 Å². The van der Waals surface area contributed by atoms with Crippen molar-refractivity contribution in [1.29, 1.82) is 0 Å². The van der Waals surface area contributed by atoms with Crippen LogP contribution in [0.1, 0.15) is 30.3 Å². The monoisotopic (exact) mass is 253 g/mol. The van der Waals surface area contributed by atoms with Crippen LogP contribution in [0.15, 0.2) is 22.8 Å². The Morgan fingerprint density at radius 1 is 1.64 bits per heavy atom. The third-order valence-corrected chi connectivity index (χ3v) is 3.21. The molecule has 1 aromatic heterocycles. The number of hydrogen-bond acceptors (Lipinski definition) is 2. The highest BCUT2D eigenvalue weighted by Crippen LogP contribution is 2.40. The average molecular weight is 254 g/mol. The molecule has 1 aromatic rings. The second-order valence-corrected chi connectivity index (χ2v) is 4.88. The summed E-state index contributed by atoms with van der Waals surface area (Å²) in [6.07, 6.45) is 3.53. The lowest BCUT2D eigenvalue weighted by atomic mass is 10.1. The van der Waals surface area contributed by atoms with Gasteiger partial charge in [-0.1, -0.05) is 6.92 Å². The van der Waals surface area contributed by atoms with Gasteiger partial charge >= 0.3 is 0 Å². The number of nitrogens with zero attached hydrogens (tertiary/aromatic N) is 1. The van der Waals surface area contributed by atoms with Crippen LogP contribution in [-0.2, 0) is 0 Å². The van der Waals surface area contributed by atoms with Gasteiger partial charge in [0, 0.05) is 17.1 Å². The summed E-state index contributed by atoms with van der Waals surface area (Å²) in [4.78, 5) is 15.8. The molecule has 1 saturated carbocycles. The highest BCUT2D eigenvalue weighted by atomic mass is 79.9. The number of ketones is 1. The third kappa shape index (κ3) is 2.21. The number of halogens is 1. The van der Waals surface area contributed by atoms with Crippen molar-refractivity contribution in [2.75, 3.05) is 0 Å². The molecule has 2 rings (SSSR count). The minimum atomic E-state index is 0.173. The van der Waals surface area contributed by atoms with Gasteiger partial charge in [-0.15, -0.1) is 0 Å². The lowest BCUT2D eigenvalue weighted by molar-refractivity contribution is 0.0969. The van der Waals surface area contributed by atoms with Crippen LogP contribution in [0.5, 0.6) is 0 Å². The summed E-state index contributed by atoms with van der Waals surface area (Å²) >= 11 is 3.29. The van der Waals surface area contributed by atoms with Crippen molar-refractivity contribution in [2.24, 2.45) is 11.8 Å². The molecule has 1 aliphatic carbocycles. The molecule has 2 nitrogen and oxygen atoms in total. The van der Waals surface area contributed by atoms with Crippen molar-refractivity contribution in [3.63, 3.8) is 0 Å². The molecule has 1 heterocycles. The normalized spacial score (nSPS) is 24.7. The van der Waals surface area contributed by atoms with Gasteiger partial charge in [0.05, 0.1) is 0 Å². The molecule has 0 aromatic carbocycles. The Kier molecular flexibility index (Phi) is 2.68. The minimum Gasteiger partial charge on any atom is -0.292 e. The maximum atomic E-state index is 11.7. The van der Waals surface area contributed by atoms with Crippen molar-refractivity contribution in [2.45, 2.75) is 19.8 Å². The fraction of sp³-hybridized carbons (Fsp3) is 0.455. The predicted octanol–water partition coefficient (Wildman–Crippen LogP) is 3.07. The molecule has 0 saturated heterocycles. The number of pyridine rings is 1. The molecule has 3 heteroatoms. The Morgan fingerprint density at radius 3 is 2.86 bits per heavy atom. The van der Waals surface area contributed by atoms with Crippen LogP contribution in [0.2, 0.25) is 0 Å². The summed E-state index contributed by atoms with van der Waals surface area (Å²) in [5.41, 5.74) is 0.590. The smallest absolute Gasteiger partial charge is 0.181 e. The predicted molar refractivity (Wildman–Crippen MR) is 58.2 cm³/mol. The fourth-order valence-corrected chi connectivity index (χ4v) is 1.80. The lowest BCUT2D eigenvalue weighted by Gasteiger charge is -1.98. The highest BCUT2D eigenvalue weighted by Gasteiger charge is 2.34. The molecule has 1 fully saturated rings. The Hall–Kier alpha value is -0.700. The lowest BCUT2D eigenvalue weighted by Crippen LogP contribution is -2.03. The van der Waals surface area contributed by atoms with Crippen LogP contribution < -0.4 is 0 Å². The van der Waals surface area contributed by atoms with E-state index in [1.165, 1.54) is 6.42 Å². The topological polar surface area (TPSA) is 30.0 Å². The first-order valence-electron chi connectivity index (χ1n) is 4.81. The fourth-order valence-electron chi connectivity index (χ4n) is 1.57. The maximum absolute atomic E-state index is 11.7. The second-order valence-electron chi connectivity index (χ2n) is 3.96. The zero-order valence-electron chi connectivity index (χ0n) is 8.03. The van der Waals surface area contributed by atoms with E-state index in [-0.39, 0.29) is 5.78 Å². The van der Waals surface area contributed by atoms with Crippen LogP contribution in [0.25, 0.3) is 0 Å². The quantitative estimate of drug-likeness (QED) is 0.776. The molecule has 74 valence electrons. The number of hydrogen-bond donors (Lipinski definition) is 0. The van der Waals surface area contributed by atoms with Crippen LogP contribution in [-0.4, -0.2) is 10.8 Å². The van der Waals surface area contributed by atoms with Gasteiger partial charge in [-0.2, -0.15) is 0 Å². The maximum Gasteiger partial charge on any atom is 0.181 e. The van der Waals surface area contributed by atoms with Gasteiger partial charge < -0.3 is 0 Å². The highest BCUT2D eigenvalue weighted by molar-refractivity contribution is 9.10. The molecule has 1 aliphatic rings. The summed E-state index contributed by atoms with van der Waals surface area (Å²) in [5.74, 6) is 1.51. The largest absolute Gasteiger partial charge is 0.292 e. The molecule has 14 heavy (non-hydrogen) atoms. The molecule has 0 radical (unpaired) electrons. The van der Waals surface area contributed by atoms with E-state index < -0.39 is 0 Å². The van der Waals surface area contributed by atoms with E-state index in [1.54, 1.807) is 12.3 Å². The van der Waals surface area contributed by atoms with Gasteiger partial charge in [-0.3, -0.25) is 9.78 Å². The van der Waals surface area contributed by atoms with Crippen molar-refractivity contribution >= 4 is 21.7 Å². The molecular weight excluding hydrogens is 242 g/mol. The van der Waals surface area contributed by atoms with Crippen molar-refractivity contribution < 1.29 is 4.79 Å². The van der Waals surface area contributed by atoms with Gasteiger partial charge in [0.25, 0.3) is 0 Å². The Labute approximate surface area is 91.9 Å². The molecule has 0 N–H and O–H groups in total. The number of Topliss-reactive ketones (excluding diaryl/α,β-unsaturated/α-hetero) is 1. The van der Waals surface area contributed by atoms with Gasteiger partial charge in [0.15, 0.2) is 5.78 Å². The summed E-state index contributed by atoms with van der Waals surface area (Å²) in [6, 6.07) is 3.63. The number of carbonyl (C=O) groups is 1. The molecule has 0 spiro atoms. The van der Waals surface area contributed by atoms with Gasteiger partial charge in [0.1, 0.15) is 5.69 Å². The van der Waals surface area contributed by atoms with Gasteiger partial charge in [-0.25, -0.2) is 0 Å².